The number of carbonyl (C=O) groups excluding carboxylic acids is 1. The van der Waals surface area contributed by atoms with Crippen LogP contribution in [-0.2, 0) is 38.5 Å². The van der Waals surface area contributed by atoms with Gasteiger partial charge in [0.05, 0.1) is 0 Å². The van der Waals surface area contributed by atoms with E-state index in [0.717, 1.165) is 16.7 Å². The van der Waals surface area contributed by atoms with Crippen LogP contribution in [0.15, 0.2) is 48.5 Å². The molecule has 0 aromatic heterocycles. The van der Waals surface area contributed by atoms with Crippen LogP contribution in [0.5, 0.6) is 5.75 Å². The molecule has 0 aliphatic carbocycles. The Balaban J connectivity index is 1.91. The Morgan fingerprint density at radius 1 is 1.04 bits per heavy atom. The van der Waals surface area contributed by atoms with E-state index in [4.69, 9.17) is 14.2 Å². The summed E-state index contributed by atoms with van der Waals surface area (Å²) in [6.07, 6.45) is 0.116. The van der Waals surface area contributed by atoms with Gasteiger partial charge in [0.15, 0.2) is 12.7 Å². The summed E-state index contributed by atoms with van der Waals surface area (Å²) < 4.78 is 16.0. The average Bonchev–Trinajstić information content (AvgIpc) is 2.71. The molecule has 0 aliphatic rings. The number of rotatable bonds is 11. The van der Waals surface area contributed by atoms with E-state index in [1.165, 1.54) is 0 Å². The van der Waals surface area contributed by atoms with Crippen LogP contribution in [0.3, 0.4) is 0 Å². The van der Waals surface area contributed by atoms with Crippen molar-refractivity contribution in [1.82, 2.24) is 0 Å². The Hall–Kier alpha value is -2.86. The molecule has 2 aromatic rings. The van der Waals surface area contributed by atoms with E-state index >= 15 is 0 Å². The van der Waals surface area contributed by atoms with Crippen molar-refractivity contribution in [1.29, 1.82) is 0 Å². The van der Waals surface area contributed by atoms with Crippen LogP contribution < -0.4 is 4.74 Å². The largest absolute Gasteiger partial charge is 0.482 e. The summed E-state index contributed by atoms with van der Waals surface area (Å²) in [5.41, 5.74) is 2.76. The van der Waals surface area contributed by atoms with E-state index in [2.05, 4.69) is 0 Å². The lowest BCUT2D eigenvalue weighted by Gasteiger charge is -2.16. The highest BCUT2D eigenvalue weighted by Crippen LogP contribution is 2.21. The first kappa shape index (κ1) is 21.4. The topological polar surface area (TPSA) is 82.1 Å². The van der Waals surface area contributed by atoms with E-state index < -0.39 is 18.0 Å². The maximum absolute atomic E-state index is 11.9. The minimum Gasteiger partial charge on any atom is -0.482 e. The zero-order valence-corrected chi connectivity index (χ0v) is 16.2. The van der Waals surface area contributed by atoms with Gasteiger partial charge in [-0.2, -0.15) is 0 Å². The third kappa shape index (κ3) is 6.70. The summed E-state index contributed by atoms with van der Waals surface area (Å²) >= 11 is 0. The van der Waals surface area contributed by atoms with E-state index in [1.54, 1.807) is 13.0 Å². The molecule has 0 spiro atoms. The van der Waals surface area contributed by atoms with Crippen molar-refractivity contribution in [2.24, 2.45) is 0 Å². The SMILES string of the molecule is CCO[C@@H](Cc1ccc(OCC(=O)OCc2ccccc2)cc1CC)C(=O)O. The second kappa shape index (κ2) is 11.1. The molecule has 0 heterocycles. The van der Waals surface area contributed by atoms with Crippen molar-refractivity contribution >= 4 is 11.9 Å². The van der Waals surface area contributed by atoms with Crippen LogP contribution in [0.4, 0.5) is 0 Å². The Kier molecular flexibility index (Phi) is 8.49. The van der Waals surface area contributed by atoms with Gasteiger partial charge in [0.2, 0.25) is 0 Å². The van der Waals surface area contributed by atoms with Gasteiger partial charge in [0.1, 0.15) is 12.4 Å². The smallest absolute Gasteiger partial charge is 0.344 e. The second-order valence-corrected chi connectivity index (χ2v) is 6.21. The molecular weight excluding hydrogens is 360 g/mol. The molecule has 0 radical (unpaired) electrons. The van der Waals surface area contributed by atoms with Gasteiger partial charge in [-0.05, 0) is 42.2 Å². The summed E-state index contributed by atoms with van der Waals surface area (Å²) in [6.45, 7) is 4.10. The molecule has 6 nitrogen and oxygen atoms in total. The van der Waals surface area contributed by atoms with Crippen molar-refractivity contribution in [2.75, 3.05) is 13.2 Å². The lowest BCUT2D eigenvalue weighted by molar-refractivity contribution is -0.150. The Bertz CT molecular complexity index is 772. The van der Waals surface area contributed by atoms with Gasteiger partial charge < -0.3 is 19.3 Å². The molecular formula is C22H26O6. The zero-order chi connectivity index (χ0) is 20.4. The Labute approximate surface area is 165 Å². The zero-order valence-electron chi connectivity index (χ0n) is 16.2. The lowest BCUT2D eigenvalue weighted by atomic mass is 9.99. The summed E-state index contributed by atoms with van der Waals surface area (Å²) in [5.74, 6) is -0.890. The minimum absolute atomic E-state index is 0.188. The Morgan fingerprint density at radius 3 is 2.43 bits per heavy atom. The molecule has 1 N–H and O–H groups in total. The first-order valence-electron chi connectivity index (χ1n) is 9.32. The van der Waals surface area contributed by atoms with Gasteiger partial charge in [-0.25, -0.2) is 9.59 Å². The summed E-state index contributed by atoms with van der Waals surface area (Å²) in [6, 6.07) is 14.8. The number of carboxylic acid groups (broad SMARTS) is 1. The maximum Gasteiger partial charge on any atom is 0.344 e. The molecule has 0 saturated carbocycles. The highest BCUT2D eigenvalue weighted by atomic mass is 16.6. The predicted octanol–water partition coefficient (Wildman–Crippen LogP) is 3.40. The van der Waals surface area contributed by atoms with Crippen LogP contribution in [0.2, 0.25) is 0 Å². The van der Waals surface area contributed by atoms with E-state index in [9.17, 15) is 14.7 Å². The number of aryl methyl sites for hydroxylation is 1. The van der Waals surface area contributed by atoms with Crippen LogP contribution in [0.25, 0.3) is 0 Å². The monoisotopic (exact) mass is 386 g/mol. The number of carbonyl (C=O) groups is 2. The molecule has 2 aromatic carbocycles. The molecule has 0 bridgehead atoms. The highest BCUT2D eigenvalue weighted by molar-refractivity contribution is 5.73. The summed E-state index contributed by atoms with van der Waals surface area (Å²) in [7, 11) is 0. The van der Waals surface area contributed by atoms with Crippen molar-refractivity contribution in [3.05, 3.63) is 65.2 Å². The molecule has 150 valence electrons. The number of hydrogen-bond acceptors (Lipinski definition) is 5. The predicted molar refractivity (Wildman–Crippen MR) is 104 cm³/mol. The third-order valence-corrected chi connectivity index (χ3v) is 4.21. The lowest BCUT2D eigenvalue weighted by Crippen LogP contribution is -2.26. The van der Waals surface area contributed by atoms with Crippen LogP contribution in [0, 0.1) is 0 Å². The molecule has 2 rings (SSSR count). The summed E-state index contributed by atoms with van der Waals surface area (Å²) in [4.78, 5) is 23.2. The van der Waals surface area contributed by atoms with E-state index in [1.807, 2.05) is 49.4 Å². The molecule has 1 atom stereocenters. The summed E-state index contributed by atoms with van der Waals surface area (Å²) in [5, 5.41) is 9.26. The van der Waals surface area contributed by atoms with Gasteiger partial charge in [-0.1, -0.05) is 43.3 Å². The van der Waals surface area contributed by atoms with Gasteiger partial charge in [-0.3, -0.25) is 0 Å². The average molecular weight is 386 g/mol. The molecule has 0 unspecified atom stereocenters. The van der Waals surface area contributed by atoms with Gasteiger partial charge in [-0.15, -0.1) is 0 Å². The van der Waals surface area contributed by atoms with Crippen molar-refractivity contribution < 1.29 is 28.9 Å². The normalized spacial score (nSPS) is 11.6. The number of hydrogen-bond donors (Lipinski definition) is 1. The van der Waals surface area contributed by atoms with E-state index in [-0.39, 0.29) is 19.6 Å². The van der Waals surface area contributed by atoms with Crippen molar-refractivity contribution in [2.45, 2.75) is 39.4 Å². The fourth-order valence-electron chi connectivity index (χ4n) is 2.76. The minimum atomic E-state index is -0.981. The first-order chi connectivity index (χ1) is 13.5. The van der Waals surface area contributed by atoms with Crippen LogP contribution in [0.1, 0.15) is 30.5 Å². The molecule has 0 aliphatic heterocycles. The number of aliphatic carboxylic acids is 1. The molecule has 0 amide bonds. The van der Waals surface area contributed by atoms with E-state index in [0.29, 0.717) is 18.8 Å². The third-order valence-electron chi connectivity index (χ3n) is 4.21. The quantitative estimate of drug-likeness (QED) is 0.596. The van der Waals surface area contributed by atoms with Gasteiger partial charge >= 0.3 is 11.9 Å². The molecule has 0 fully saturated rings. The van der Waals surface area contributed by atoms with Crippen molar-refractivity contribution in [3.8, 4) is 5.75 Å². The molecule has 28 heavy (non-hydrogen) atoms. The van der Waals surface area contributed by atoms with Crippen LogP contribution >= 0.6 is 0 Å². The fraction of sp³-hybridized carbons (Fsp3) is 0.364. The molecule has 6 heteroatoms. The number of benzene rings is 2. The number of carboxylic acids is 1. The second-order valence-electron chi connectivity index (χ2n) is 6.21. The Morgan fingerprint density at radius 2 is 1.79 bits per heavy atom. The first-order valence-corrected chi connectivity index (χ1v) is 9.32. The number of esters is 1. The van der Waals surface area contributed by atoms with Gasteiger partial charge in [0, 0.05) is 13.0 Å². The van der Waals surface area contributed by atoms with Crippen LogP contribution in [-0.4, -0.2) is 36.4 Å². The standard InChI is InChI=1S/C22H26O6/c1-3-17-12-19(11-10-18(17)13-20(22(24)25)26-4-2)27-15-21(23)28-14-16-8-6-5-7-9-16/h5-12,20H,3-4,13-15H2,1-2H3,(H,24,25)/t20-/m0/s1. The maximum atomic E-state index is 11.9. The number of ether oxygens (including phenoxy) is 3. The van der Waals surface area contributed by atoms with Gasteiger partial charge in [0.25, 0.3) is 0 Å². The molecule has 0 saturated heterocycles. The van der Waals surface area contributed by atoms with Crippen molar-refractivity contribution in [3.63, 3.8) is 0 Å². The fourth-order valence-corrected chi connectivity index (χ4v) is 2.76. The highest BCUT2D eigenvalue weighted by Gasteiger charge is 2.19.